The van der Waals surface area contributed by atoms with E-state index >= 15 is 0 Å². The molecule has 1 N–H and O–H groups in total. The number of carbonyl (C=O) groups is 1. The Morgan fingerprint density at radius 2 is 2.08 bits per heavy atom. The lowest BCUT2D eigenvalue weighted by Crippen LogP contribution is -2.38. The number of aromatic nitrogens is 2. The van der Waals surface area contributed by atoms with E-state index in [-0.39, 0.29) is 24.6 Å². The second-order valence-corrected chi connectivity index (χ2v) is 6.00. The van der Waals surface area contributed by atoms with Crippen molar-refractivity contribution in [2.75, 3.05) is 13.2 Å². The van der Waals surface area contributed by atoms with Crippen LogP contribution in [0.3, 0.4) is 0 Å². The number of nitrogens with one attached hydrogen (secondary N) is 1. The molecule has 25 heavy (non-hydrogen) atoms. The predicted octanol–water partition coefficient (Wildman–Crippen LogP) is 2.79. The van der Waals surface area contributed by atoms with Gasteiger partial charge in [0.1, 0.15) is 12.4 Å². The number of nitrogens with zero attached hydrogens (tertiary/aromatic N) is 2. The van der Waals surface area contributed by atoms with Gasteiger partial charge in [-0.3, -0.25) is 9.89 Å². The van der Waals surface area contributed by atoms with Crippen molar-refractivity contribution in [1.29, 1.82) is 0 Å². The molecule has 2 aliphatic rings. The van der Waals surface area contributed by atoms with Crippen LogP contribution in [-0.2, 0) is 23.9 Å². The minimum Gasteiger partial charge on any atom is -0.488 e. The minimum atomic E-state index is -4.54. The van der Waals surface area contributed by atoms with Crippen LogP contribution in [0.4, 0.5) is 13.2 Å². The van der Waals surface area contributed by atoms with Gasteiger partial charge >= 0.3 is 6.18 Å². The summed E-state index contributed by atoms with van der Waals surface area (Å²) < 4.78 is 44.7. The van der Waals surface area contributed by atoms with Crippen molar-refractivity contribution in [3.05, 3.63) is 52.4 Å². The van der Waals surface area contributed by atoms with Crippen LogP contribution in [0.1, 0.15) is 22.5 Å². The molecule has 0 aliphatic carbocycles. The van der Waals surface area contributed by atoms with Crippen LogP contribution in [0, 0.1) is 0 Å². The maximum Gasteiger partial charge on any atom is 0.435 e. The molecule has 0 bridgehead atoms. The molecule has 5 nitrogen and oxygen atoms in total. The van der Waals surface area contributed by atoms with Gasteiger partial charge in [-0.15, -0.1) is 0 Å². The van der Waals surface area contributed by atoms with Gasteiger partial charge in [0, 0.05) is 36.3 Å². The molecule has 0 unspecified atom stereocenters. The van der Waals surface area contributed by atoms with Gasteiger partial charge in [0.05, 0.1) is 5.57 Å². The van der Waals surface area contributed by atoms with Crippen LogP contribution < -0.4 is 4.74 Å². The number of ether oxygens (including phenoxy) is 1. The molecule has 1 amide bonds. The summed E-state index contributed by atoms with van der Waals surface area (Å²) in [5.74, 6) is 0.378. The molecular formula is C17H14F3N3O2. The highest BCUT2D eigenvalue weighted by molar-refractivity contribution is 5.99. The summed E-state index contributed by atoms with van der Waals surface area (Å²) in [6, 6.07) is 7.30. The molecule has 0 atom stereocenters. The van der Waals surface area contributed by atoms with Gasteiger partial charge in [-0.05, 0) is 12.1 Å². The number of carbonyl (C=O) groups excluding carboxylic acids is 1. The van der Waals surface area contributed by atoms with E-state index in [1.165, 1.54) is 4.90 Å². The summed E-state index contributed by atoms with van der Waals surface area (Å²) in [4.78, 5) is 14.1. The monoisotopic (exact) mass is 349 g/mol. The lowest BCUT2D eigenvalue weighted by Gasteiger charge is -2.29. The second-order valence-electron chi connectivity index (χ2n) is 6.00. The molecule has 0 saturated carbocycles. The lowest BCUT2D eigenvalue weighted by atomic mass is 10.0. The smallest absolute Gasteiger partial charge is 0.435 e. The number of benzene rings is 1. The summed E-state index contributed by atoms with van der Waals surface area (Å²) in [7, 11) is 0. The normalized spacial score (nSPS) is 16.6. The molecule has 0 fully saturated rings. The first-order chi connectivity index (χ1) is 11.9. The van der Waals surface area contributed by atoms with Crippen molar-refractivity contribution in [1.82, 2.24) is 15.1 Å². The van der Waals surface area contributed by atoms with Gasteiger partial charge in [0.2, 0.25) is 0 Å². The maximum atomic E-state index is 13.0. The Morgan fingerprint density at radius 3 is 2.88 bits per heavy atom. The molecular weight excluding hydrogens is 335 g/mol. The fourth-order valence-corrected chi connectivity index (χ4v) is 3.15. The largest absolute Gasteiger partial charge is 0.488 e. The Labute approximate surface area is 141 Å². The zero-order chi connectivity index (χ0) is 17.6. The van der Waals surface area contributed by atoms with Crippen LogP contribution in [-0.4, -0.2) is 34.2 Å². The lowest BCUT2D eigenvalue weighted by molar-refractivity contribution is -0.142. The Hall–Kier alpha value is -2.77. The third-order valence-corrected chi connectivity index (χ3v) is 4.40. The van der Waals surface area contributed by atoms with E-state index in [0.29, 0.717) is 30.0 Å². The SMILES string of the molecule is O=C(C1=Cc2ccccc2OC1)N1CCc2[nH]nc(C(F)(F)F)c2C1. The number of fused-ring (bicyclic) bond motifs is 2. The molecule has 0 spiro atoms. The molecule has 2 aromatic rings. The van der Waals surface area contributed by atoms with Crippen molar-refractivity contribution in [2.24, 2.45) is 0 Å². The van der Waals surface area contributed by atoms with Crippen LogP contribution in [0.2, 0.25) is 0 Å². The van der Waals surface area contributed by atoms with Crippen molar-refractivity contribution >= 4 is 12.0 Å². The number of hydrogen-bond acceptors (Lipinski definition) is 3. The van der Waals surface area contributed by atoms with Gasteiger partial charge in [-0.2, -0.15) is 18.3 Å². The van der Waals surface area contributed by atoms with E-state index in [1.807, 2.05) is 18.2 Å². The molecule has 1 aromatic heterocycles. The molecule has 3 heterocycles. The van der Waals surface area contributed by atoms with E-state index in [1.54, 1.807) is 12.1 Å². The molecule has 4 rings (SSSR count). The van der Waals surface area contributed by atoms with Gasteiger partial charge in [-0.1, -0.05) is 18.2 Å². The number of amides is 1. The van der Waals surface area contributed by atoms with Crippen LogP contribution in [0.15, 0.2) is 29.8 Å². The average Bonchev–Trinajstić information content (AvgIpc) is 3.04. The molecule has 0 radical (unpaired) electrons. The Bertz CT molecular complexity index is 870. The van der Waals surface area contributed by atoms with Crippen molar-refractivity contribution in [3.8, 4) is 5.75 Å². The molecule has 1 aromatic carbocycles. The number of para-hydroxylation sites is 1. The number of halogens is 3. The summed E-state index contributed by atoms with van der Waals surface area (Å²) in [5, 5.41) is 5.82. The van der Waals surface area contributed by atoms with Crippen molar-refractivity contribution in [3.63, 3.8) is 0 Å². The Morgan fingerprint density at radius 1 is 1.28 bits per heavy atom. The highest BCUT2D eigenvalue weighted by Gasteiger charge is 2.40. The number of rotatable bonds is 1. The van der Waals surface area contributed by atoms with Gasteiger partial charge in [0.15, 0.2) is 5.69 Å². The van der Waals surface area contributed by atoms with Crippen molar-refractivity contribution < 1.29 is 22.7 Å². The fourth-order valence-electron chi connectivity index (χ4n) is 3.15. The van der Waals surface area contributed by atoms with Crippen LogP contribution in [0.25, 0.3) is 6.08 Å². The fraction of sp³-hybridized carbons (Fsp3) is 0.294. The molecule has 2 aliphatic heterocycles. The number of hydrogen-bond donors (Lipinski definition) is 1. The summed E-state index contributed by atoms with van der Waals surface area (Å²) in [5.41, 5.74) is 0.757. The van der Waals surface area contributed by atoms with Crippen LogP contribution >= 0.6 is 0 Å². The van der Waals surface area contributed by atoms with E-state index < -0.39 is 11.9 Å². The summed E-state index contributed by atoms with van der Waals surface area (Å²) in [6.07, 6.45) is -2.49. The highest BCUT2D eigenvalue weighted by Crippen LogP contribution is 2.34. The zero-order valence-corrected chi connectivity index (χ0v) is 13.1. The van der Waals surface area contributed by atoms with E-state index in [2.05, 4.69) is 10.2 Å². The van der Waals surface area contributed by atoms with Crippen molar-refractivity contribution in [2.45, 2.75) is 19.1 Å². The third-order valence-electron chi connectivity index (χ3n) is 4.40. The minimum absolute atomic E-state index is 0.0461. The van der Waals surface area contributed by atoms with E-state index in [9.17, 15) is 18.0 Å². The van der Waals surface area contributed by atoms with Gasteiger partial charge < -0.3 is 9.64 Å². The first-order valence-electron chi connectivity index (χ1n) is 7.78. The number of aromatic amines is 1. The molecule has 130 valence electrons. The zero-order valence-electron chi connectivity index (χ0n) is 13.1. The topological polar surface area (TPSA) is 58.2 Å². The second kappa shape index (κ2) is 5.65. The first kappa shape index (κ1) is 15.7. The standard InChI is InChI=1S/C17H14F3N3O2/c18-17(19,20)15-12-8-23(6-5-13(12)21-22-15)16(24)11-7-10-3-1-2-4-14(10)25-9-11/h1-4,7H,5-6,8-9H2,(H,21,22). The predicted molar refractivity (Wildman–Crippen MR) is 82.6 cm³/mol. The third kappa shape index (κ3) is 2.77. The number of H-pyrrole nitrogens is 1. The summed E-state index contributed by atoms with van der Waals surface area (Å²) in [6.45, 7) is 0.333. The summed E-state index contributed by atoms with van der Waals surface area (Å²) >= 11 is 0. The van der Waals surface area contributed by atoms with Gasteiger partial charge in [0.25, 0.3) is 5.91 Å². The Balaban J connectivity index is 1.59. The van der Waals surface area contributed by atoms with Crippen LogP contribution in [0.5, 0.6) is 5.75 Å². The quantitative estimate of drug-likeness (QED) is 0.861. The van der Waals surface area contributed by atoms with E-state index in [0.717, 1.165) is 5.56 Å². The highest BCUT2D eigenvalue weighted by atomic mass is 19.4. The molecule has 8 heteroatoms. The van der Waals surface area contributed by atoms with E-state index in [4.69, 9.17) is 4.74 Å². The Kier molecular flexibility index (Phi) is 3.55. The average molecular weight is 349 g/mol. The number of alkyl halides is 3. The molecule has 0 saturated heterocycles. The first-order valence-corrected chi connectivity index (χ1v) is 7.78. The maximum absolute atomic E-state index is 13.0. The van der Waals surface area contributed by atoms with Gasteiger partial charge in [-0.25, -0.2) is 0 Å².